The van der Waals surface area contributed by atoms with Gasteiger partial charge in [0.05, 0.1) is 0 Å². The predicted octanol–water partition coefficient (Wildman–Crippen LogP) is 3.08. The van der Waals surface area contributed by atoms with Crippen molar-refractivity contribution in [2.75, 3.05) is 0 Å². The molecule has 0 aliphatic carbocycles. The molecule has 0 aliphatic heterocycles. The van der Waals surface area contributed by atoms with Crippen molar-refractivity contribution in [1.82, 2.24) is 0 Å². The molecule has 0 aromatic carbocycles. The van der Waals surface area contributed by atoms with Gasteiger partial charge < -0.3 is 5.54 Å². The van der Waals surface area contributed by atoms with Crippen LogP contribution in [0.1, 0.15) is 41.5 Å². The summed E-state index contributed by atoms with van der Waals surface area (Å²) in [6.45, 7) is 32.5. The zero-order valence-electron chi connectivity index (χ0n) is 18.0. The third-order valence-corrected chi connectivity index (χ3v) is 41.1. The Labute approximate surface area is 158 Å². The van der Waals surface area contributed by atoms with Crippen LogP contribution in [-0.4, -0.2) is 31.1 Å². The predicted molar refractivity (Wildman–Crippen MR) is 111 cm³/mol. The van der Waals surface area contributed by atoms with Crippen LogP contribution in [0.3, 0.4) is 0 Å². The molecule has 0 saturated carbocycles. The van der Waals surface area contributed by atoms with Crippen molar-refractivity contribution in [3.8, 4) is 11.1 Å². The molecule has 0 atom stereocenters. The summed E-state index contributed by atoms with van der Waals surface area (Å²) in [5.74, 6) is 0. The van der Waals surface area contributed by atoms with Crippen molar-refractivity contribution in [1.29, 1.82) is 0 Å². The Hall–Kier alpha value is 1.02. The third-order valence-electron chi connectivity index (χ3n) is 5.56. The standard InChI is InChI=1S/C17H39Si4.Li/c1-16(2,3)20(10,11)18(14-15-19(7,8)9)21(12,13)17(4,5)6;/h1-13H3;/q-1;+1. The van der Waals surface area contributed by atoms with Crippen LogP contribution >= 0.6 is 0 Å². The monoisotopic (exact) mass is 362 g/mol. The summed E-state index contributed by atoms with van der Waals surface area (Å²) in [5.41, 5.74) is 7.77. The average Bonchev–Trinajstić information content (AvgIpc) is 2.10. The molecule has 0 N–H and O–H groups in total. The van der Waals surface area contributed by atoms with Crippen LogP contribution in [0.25, 0.3) is 0 Å². The van der Waals surface area contributed by atoms with Gasteiger partial charge in [0.15, 0.2) is 0 Å². The number of hydrogen-bond donors (Lipinski definition) is 0. The van der Waals surface area contributed by atoms with E-state index in [-0.39, 0.29) is 18.9 Å². The second-order valence-corrected chi connectivity index (χ2v) is 37.9. The maximum absolute atomic E-state index is 3.99. The summed E-state index contributed by atoms with van der Waals surface area (Å²) in [4.78, 5) is 0. The molecular weight excluding hydrogens is 323 g/mol. The van der Waals surface area contributed by atoms with Crippen molar-refractivity contribution in [3.63, 3.8) is 0 Å². The van der Waals surface area contributed by atoms with Gasteiger partial charge in [-0.2, -0.15) is 5.54 Å². The largest absolute Gasteiger partial charge is 1.00 e. The van der Waals surface area contributed by atoms with Crippen molar-refractivity contribution in [2.45, 2.75) is 97.4 Å². The molecular formula is C17H39LiSi4. The maximum Gasteiger partial charge on any atom is 1.00 e. The molecule has 0 rings (SSSR count). The molecule has 0 aromatic rings. The van der Waals surface area contributed by atoms with Crippen LogP contribution in [0.4, 0.5) is 0 Å². The first-order valence-electron chi connectivity index (χ1n) is 8.25. The fraction of sp³-hybridized carbons (Fsp3) is 0.882. The van der Waals surface area contributed by atoms with E-state index >= 15 is 0 Å². The first-order chi connectivity index (χ1) is 8.84. The first-order valence-corrected chi connectivity index (χ1v) is 21.2. The van der Waals surface area contributed by atoms with Crippen LogP contribution < -0.4 is 18.9 Å². The molecule has 0 heterocycles. The number of hydrogen-bond acceptors (Lipinski definition) is 0. The average molecular weight is 363 g/mol. The summed E-state index contributed by atoms with van der Waals surface area (Å²) >= 11 is 0. The van der Waals surface area contributed by atoms with Crippen LogP contribution in [0.15, 0.2) is 0 Å². The molecule has 0 fully saturated rings. The molecule has 22 heavy (non-hydrogen) atoms. The molecule has 0 spiro atoms. The van der Waals surface area contributed by atoms with Gasteiger partial charge in [-0.25, -0.2) is 7.83 Å². The smallest absolute Gasteiger partial charge is 0.309 e. The zero-order chi connectivity index (χ0) is 17.5. The van der Waals surface area contributed by atoms with E-state index < -0.39 is 31.1 Å². The quantitative estimate of drug-likeness (QED) is 0.523. The van der Waals surface area contributed by atoms with E-state index in [2.05, 4.69) is 98.5 Å². The van der Waals surface area contributed by atoms with Crippen molar-refractivity contribution in [3.05, 3.63) is 0 Å². The SMILES string of the molecule is CC(C)(C)[Si](C)(C)[Si-](C#C[Si](C)(C)C)[Si](C)(C)C(C)(C)C.[Li+]. The van der Waals surface area contributed by atoms with E-state index in [1.165, 1.54) is 0 Å². The van der Waals surface area contributed by atoms with Crippen LogP contribution in [-0.2, 0) is 0 Å². The molecule has 5 heteroatoms. The summed E-state index contributed by atoms with van der Waals surface area (Å²) in [7, 11) is -4.61. The van der Waals surface area contributed by atoms with Crippen LogP contribution in [0, 0.1) is 11.1 Å². The topological polar surface area (TPSA) is 0 Å². The van der Waals surface area contributed by atoms with Gasteiger partial charge in [-0.3, -0.25) is 0 Å². The van der Waals surface area contributed by atoms with Gasteiger partial charge in [-0.05, 0) is 0 Å². The maximum atomic E-state index is 3.99. The Kier molecular flexibility index (Phi) is 8.62. The van der Waals surface area contributed by atoms with Gasteiger partial charge >= 0.3 is 18.9 Å². The minimum absolute atomic E-state index is 0. The number of rotatable bonds is 2. The van der Waals surface area contributed by atoms with Crippen LogP contribution in [0.5, 0.6) is 0 Å². The van der Waals surface area contributed by atoms with Gasteiger partial charge in [-0.1, -0.05) is 113 Å². The minimum Gasteiger partial charge on any atom is -0.309 e. The normalized spacial score (nSPS) is 13.9. The Balaban J connectivity index is 0. The molecule has 0 unspecified atom stereocenters. The molecule has 0 aromatic heterocycles. The molecule has 0 amide bonds. The summed E-state index contributed by atoms with van der Waals surface area (Å²) in [5, 5.41) is 0.899. The van der Waals surface area contributed by atoms with E-state index in [1.807, 2.05) is 0 Å². The summed E-state index contributed by atoms with van der Waals surface area (Å²) < 4.78 is 0. The first kappa shape index (κ1) is 25.3. The van der Waals surface area contributed by atoms with Gasteiger partial charge in [-0.15, -0.1) is 0 Å². The molecule has 0 radical (unpaired) electrons. The third kappa shape index (κ3) is 6.15. The Morgan fingerprint density at radius 1 is 0.636 bits per heavy atom. The zero-order valence-corrected chi connectivity index (χ0v) is 22.0. The molecule has 0 bridgehead atoms. The van der Waals surface area contributed by atoms with E-state index in [9.17, 15) is 0 Å². The molecule has 0 aliphatic rings. The van der Waals surface area contributed by atoms with Crippen molar-refractivity contribution >= 4 is 31.1 Å². The Morgan fingerprint density at radius 3 is 1.09 bits per heavy atom. The van der Waals surface area contributed by atoms with E-state index in [1.54, 1.807) is 0 Å². The molecule has 124 valence electrons. The second kappa shape index (κ2) is 7.50. The van der Waals surface area contributed by atoms with E-state index in [0.29, 0.717) is 10.1 Å². The fourth-order valence-corrected chi connectivity index (χ4v) is 40.8. The molecule has 0 nitrogen and oxygen atoms in total. The Bertz CT molecular complexity index is 397. The van der Waals surface area contributed by atoms with Gasteiger partial charge in [0.25, 0.3) is 0 Å². The van der Waals surface area contributed by atoms with Gasteiger partial charge in [0.2, 0.25) is 0 Å². The summed E-state index contributed by atoms with van der Waals surface area (Å²) in [6.07, 6.45) is 0. The minimum atomic E-state index is -1.37. The van der Waals surface area contributed by atoms with Crippen molar-refractivity contribution in [2.24, 2.45) is 0 Å². The van der Waals surface area contributed by atoms with Crippen LogP contribution in [0.2, 0.25) is 55.9 Å². The fourth-order valence-electron chi connectivity index (χ4n) is 2.09. The summed E-state index contributed by atoms with van der Waals surface area (Å²) in [6, 6.07) is 0. The molecule has 0 saturated heterocycles. The van der Waals surface area contributed by atoms with Gasteiger partial charge in [0.1, 0.15) is 8.07 Å². The van der Waals surface area contributed by atoms with Crippen molar-refractivity contribution < 1.29 is 18.9 Å². The Morgan fingerprint density at radius 2 is 0.909 bits per heavy atom. The van der Waals surface area contributed by atoms with Gasteiger partial charge in [0, 0.05) is 0 Å². The second-order valence-electron chi connectivity index (χ2n) is 10.6. The van der Waals surface area contributed by atoms with E-state index in [0.717, 1.165) is 0 Å². The van der Waals surface area contributed by atoms with E-state index in [4.69, 9.17) is 0 Å².